The van der Waals surface area contributed by atoms with Gasteiger partial charge in [0.25, 0.3) is 5.91 Å². The number of aromatic nitrogens is 2. The highest BCUT2D eigenvalue weighted by atomic mass is 16.4. The molecule has 0 aromatic carbocycles. The number of nitrogens with one attached hydrogen (secondary N) is 1. The van der Waals surface area contributed by atoms with Crippen LogP contribution in [0.4, 0.5) is 0 Å². The van der Waals surface area contributed by atoms with Crippen molar-refractivity contribution in [1.82, 2.24) is 15.3 Å². The van der Waals surface area contributed by atoms with E-state index in [4.69, 9.17) is 5.11 Å². The number of carboxylic acid groups (broad SMARTS) is 1. The third-order valence-electron chi connectivity index (χ3n) is 2.36. The molecule has 1 heterocycles. The molecule has 2 N–H and O–H groups in total. The summed E-state index contributed by atoms with van der Waals surface area (Å²) < 4.78 is 0. The Morgan fingerprint density at radius 1 is 1.50 bits per heavy atom. The van der Waals surface area contributed by atoms with E-state index in [1.165, 1.54) is 25.5 Å². The summed E-state index contributed by atoms with van der Waals surface area (Å²) in [7, 11) is 0. The van der Waals surface area contributed by atoms with Gasteiger partial charge in [-0.25, -0.2) is 9.78 Å². The van der Waals surface area contributed by atoms with Crippen LogP contribution in [0.3, 0.4) is 0 Å². The van der Waals surface area contributed by atoms with E-state index < -0.39 is 17.4 Å². The van der Waals surface area contributed by atoms with Gasteiger partial charge in [-0.05, 0) is 13.3 Å². The summed E-state index contributed by atoms with van der Waals surface area (Å²) in [5.41, 5.74) is -1.18. The fraction of sp³-hybridized carbons (Fsp3) is 0.400. The second-order valence-corrected chi connectivity index (χ2v) is 3.54. The number of carboxylic acids is 1. The predicted octanol–water partition coefficient (Wildman–Crippen LogP) is 0.460. The van der Waals surface area contributed by atoms with Gasteiger partial charge in [-0.1, -0.05) is 6.92 Å². The van der Waals surface area contributed by atoms with Gasteiger partial charge in [0.15, 0.2) is 0 Å². The number of hydrogen-bond acceptors (Lipinski definition) is 4. The Morgan fingerprint density at radius 3 is 2.62 bits per heavy atom. The zero-order valence-corrected chi connectivity index (χ0v) is 9.10. The molecular formula is C10H13N3O3. The standard InChI is InChI=1S/C10H13N3O3/c1-3-10(2,9(15)16)13-8(14)7-6-11-4-5-12-7/h4-6H,3H2,1-2H3,(H,13,14)(H,15,16). The first-order chi connectivity index (χ1) is 7.49. The fourth-order valence-electron chi connectivity index (χ4n) is 1.02. The lowest BCUT2D eigenvalue weighted by molar-refractivity contribution is -0.143. The van der Waals surface area contributed by atoms with Crippen LogP contribution in [0.2, 0.25) is 0 Å². The molecule has 0 saturated carbocycles. The lowest BCUT2D eigenvalue weighted by atomic mass is 9.99. The Bertz CT molecular complexity index is 394. The highest BCUT2D eigenvalue weighted by molar-refractivity contribution is 5.95. The highest BCUT2D eigenvalue weighted by Crippen LogP contribution is 2.10. The van der Waals surface area contributed by atoms with Crippen LogP contribution in [0.25, 0.3) is 0 Å². The molecule has 0 radical (unpaired) electrons. The number of hydrogen-bond donors (Lipinski definition) is 2. The molecule has 1 rings (SSSR count). The van der Waals surface area contributed by atoms with Crippen molar-refractivity contribution < 1.29 is 14.7 Å². The molecule has 0 aliphatic carbocycles. The maximum Gasteiger partial charge on any atom is 0.329 e. The van der Waals surface area contributed by atoms with Gasteiger partial charge in [-0.15, -0.1) is 0 Å². The molecule has 1 aromatic rings. The van der Waals surface area contributed by atoms with E-state index in [0.717, 1.165) is 0 Å². The first kappa shape index (κ1) is 12.1. The first-order valence-corrected chi connectivity index (χ1v) is 4.81. The zero-order chi connectivity index (χ0) is 12.2. The van der Waals surface area contributed by atoms with Crippen LogP contribution in [0.1, 0.15) is 30.8 Å². The normalized spacial score (nSPS) is 13.9. The molecule has 1 unspecified atom stereocenters. The van der Waals surface area contributed by atoms with Crippen molar-refractivity contribution >= 4 is 11.9 Å². The van der Waals surface area contributed by atoms with Crippen molar-refractivity contribution in [3.05, 3.63) is 24.3 Å². The minimum absolute atomic E-state index is 0.100. The van der Waals surface area contributed by atoms with Crippen LogP contribution >= 0.6 is 0 Å². The number of carbonyl (C=O) groups excluding carboxylic acids is 1. The summed E-state index contributed by atoms with van der Waals surface area (Å²) in [4.78, 5) is 30.1. The highest BCUT2D eigenvalue weighted by Gasteiger charge is 2.33. The van der Waals surface area contributed by atoms with Crippen LogP contribution in [0, 0.1) is 0 Å². The molecule has 0 aliphatic rings. The van der Waals surface area contributed by atoms with Crippen LogP contribution in [0.15, 0.2) is 18.6 Å². The average molecular weight is 223 g/mol. The van der Waals surface area contributed by atoms with E-state index in [2.05, 4.69) is 15.3 Å². The molecule has 0 saturated heterocycles. The molecule has 1 aromatic heterocycles. The van der Waals surface area contributed by atoms with Gasteiger partial charge in [0.05, 0.1) is 6.20 Å². The van der Waals surface area contributed by atoms with Gasteiger partial charge in [0, 0.05) is 12.4 Å². The van der Waals surface area contributed by atoms with Crippen LogP contribution in [-0.4, -0.2) is 32.5 Å². The van der Waals surface area contributed by atoms with Gasteiger partial charge in [-0.3, -0.25) is 9.78 Å². The van der Waals surface area contributed by atoms with E-state index >= 15 is 0 Å². The molecule has 0 bridgehead atoms. The van der Waals surface area contributed by atoms with Crippen molar-refractivity contribution in [2.75, 3.05) is 0 Å². The Hall–Kier alpha value is -1.98. The monoisotopic (exact) mass is 223 g/mol. The van der Waals surface area contributed by atoms with Crippen molar-refractivity contribution in [1.29, 1.82) is 0 Å². The Kier molecular flexibility index (Phi) is 3.55. The van der Waals surface area contributed by atoms with Gasteiger partial charge in [0.2, 0.25) is 0 Å². The second-order valence-electron chi connectivity index (χ2n) is 3.54. The molecule has 1 amide bonds. The van der Waals surface area contributed by atoms with Crippen molar-refractivity contribution in [3.63, 3.8) is 0 Å². The topological polar surface area (TPSA) is 92.2 Å². The molecule has 86 valence electrons. The summed E-state index contributed by atoms with van der Waals surface area (Å²) in [6.07, 6.45) is 4.38. The Labute approximate surface area is 92.7 Å². The van der Waals surface area contributed by atoms with Crippen molar-refractivity contribution in [2.24, 2.45) is 0 Å². The zero-order valence-electron chi connectivity index (χ0n) is 9.10. The molecule has 6 nitrogen and oxygen atoms in total. The summed E-state index contributed by atoms with van der Waals surface area (Å²) in [5, 5.41) is 11.4. The van der Waals surface area contributed by atoms with E-state index in [-0.39, 0.29) is 12.1 Å². The summed E-state index contributed by atoms with van der Waals surface area (Å²) in [6, 6.07) is 0. The van der Waals surface area contributed by atoms with Crippen LogP contribution in [-0.2, 0) is 4.79 Å². The fourth-order valence-corrected chi connectivity index (χ4v) is 1.02. The van der Waals surface area contributed by atoms with E-state index in [1.807, 2.05) is 0 Å². The average Bonchev–Trinajstić information content (AvgIpc) is 2.29. The van der Waals surface area contributed by atoms with Gasteiger partial charge in [0.1, 0.15) is 11.2 Å². The largest absolute Gasteiger partial charge is 0.480 e. The lowest BCUT2D eigenvalue weighted by Gasteiger charge is -2.24. The number of carbonyl (C=O) groups is 2. The third-order valence-corrected chi connectivity index (χ3v) is 2.36. The van der Waals surface area contributed by atoms with Crippen LogP contribution in [0.5, 0.6) is 0 Å². The van der Waals surface area contributed by atoms with Gasteiger partial charge >= 0.3 is 5.97 Å². The number of aliphatic carboxylic acids is 1. The second kappa shape index (κ2) is 4.69. The first-order valence-electron chi connectivity index (χ1n) is 4.81. The summed E-state index contributed by atoms with van der Waals surface area (Å²) in [5.74, 6) is -1.62. The third kappa shape index (κ3) is 2.53. The number of nitrogens with zero attached hydrogens (tertiary/aromatic N) is 2. The summed E-state index contributed by atoms with van der Waals surface area (Å²) >= 11 is 0. The molecule has 0 spiro atoms. The molecule has 1 atom stereocenters. The molecular weight excluding hydrogens is 210 g/mol. The lowest BCUT2D eigenvalue weighted by Crippen LogP contribution is -2.51. The molecule has 0 aliphatic heterocycles. The van der Waals surface area contributed by atoms with E-state index in [1.54, 1.807) is 6.92 Å². The van der Waals surface area contributed by atoms with Crippen LogP contribution < -0.4 is 5.32 Å². The number of amides is 1. The maximum atomic E-state index is 11.6. The SMILES string of the molecule is CCC(C)(NC(=O)c1cnccn1)C(=O)O. The van der Waals surface area contributed by atoms with Crippen molar-refractivity contribution in [3.8, 4) is 0 Å². The van der Waals surface area contributed by atoms with E-state index in [9.17, 15) is 9.59 Å². The quantitative estimate of drug-likeness (QED) is 0.773. The smallest absolute Gasteiger partial charge is 0.329 e. The Morgan fingerprint density at radius 2 is 2.19 bits per heavy atom. The molecule has 6 heteroatoms. The minimum atomic E-state index is -1.28. The van der Waals surface area contributed by atoms with Gasteiger partial charge < -0.3 is 10.4 Å². The Balaban J connectivity index is 2.82. The molecule has 0 fully saturated rings. The maximum absolute atomic E-state index is 11.6. The predicted molar refractivity (Wildman–Crippen MR) is 55.8 cm³/mol. The van der Waals surface area contributed by atoms with E-state index in [0.29, 0.717) is 0 Å². The van der Waals surface area contributed by atoms with Crippen molar-refractivity contribution in [2.45, 2.75) is 25.8 Å². The summed E-state index contributed by atoms with van der Waals surface area (Å²) in [6.45, 7) is 3.13. The molecule has 16 heavy (non-hydrogen) atoms. The number of rotatable bonds is 4. The van der Waals surface area contributed by atoms with Gasteiger partial charge in [-0.2, -0.15) is 0 Å². The minimum Gasteiger partial charge on any atom is -0.480 e.